The topological polar surface area (TPSA) is 39.1 Å². The first-order valence-corrected chi connectivity index (χ1v) is 15.1. The molecule has 41 heavy (non-hydrogen) atoms. The molecular weight excluding hydrogens is 502 g/mol. The molecule has 0 aliphatic heterocycles. The third-order valence-electron chi connectivity index (χ3n) is 9.81. The predicted molar refractivity (Wildman–Crippen MR) is 175 cm³/mol. The van der Waals surface area contributed by atoms with Gasteiger partial charge in [-0.15, -0.1) is 0 Å². The number of fused-ring (bicyclic) bond motifs is 9. The van der Waals surface area contributed by atoms with Gasteiger partial charge in [0.1, 0.15) is 0 Å². The minimum Gasteiger partial charge on any atom is -0.274 e. The molecule has 0 unspecified atom stereocenters. The Kier molecular flexibility index (Phi) is 4.68. The van der Waals surface area contributed by atoms with Crippen LogP contribution >= 0.6 is 0 Å². The summed E-state index contributed by atoms with van der Waals surface area (Å²) >= 11 is 0. The molecule has 0 fully saturated rings. The number of benzene rings is 7. The molecule has 1 aromatic heterocycles. The lowest BCUT2D eigenvalue weighted by molar-refractivity contribution is 0.548. The van der Waals surface area contributed by atoms with Gasteiger partial charge in [-0.1, -0.05) is 112 Å². The summed E-state index contributed by atoms with van der Waals surface area (Å²) in [6.07, 6.45) is 6.69. The van der Waals surface area contributed by atoms with Crippen molar-refractivity contribution in [1.82, 2.24) is 4.57 Å². The maximum atomic E-state index is 14.4. The molecule has 198 valence electrons. The van der Waals surface area contributed by atoms with Crippen LogP contribution in [0.2, 0.25) is 0 Å². The van der Waals surface area contributed by atoms with Crippen LogP contribution in [0.3, 0.4) is 0 Å². The van der Waals surface area contributed by atoms with Gasteiger partial charge in [0.05, 0.1) is 10.8 Å². The standard InChI is InChI=1S/C38H29NO2/c1-2-3-4-5-6-11-20-39-37(40)35-31-24-14-9-7-12-22(24)26-18-16-21-17-19-27-23-13-8-10-15-25(23)32(36(35)38(39)41)34-30(27)28(21)29(26)33(31)34/h7-10,12-19H,2-6,11,20H2,1H3. The van der Waals surface area contributed by atoms with Crippen LogP contribution in [0.15, 0.2) is 82.4 Å². The molecule has 0 aliphatic rings. The van der Waals surface area contributed by atoms with E-state index >= 15 is 0 Å². The second-order valence-corrected chi connectivity index (χ2v) is 11.9. The molecule has 3 nitrogen and oxygen atoms in total. The van der Waals surface area contributed by atoms with Gasteiger partial charge in [0.25, 0.3) is 11.1 Å². The molecule has 0 saturated carbocycles. The molecule has 1 heterocycles. The van der Waals surface area contributed by atoms with Crippen molar-refractivity contribution in [3.63, 3.8) is 0 Å². The van der Waals surface area contributed by atoms with Gasteiger partial charge in [0.15, 0.2) is 0 Å². The molecule has 9 aromatic rings. The number of hydrogen-bond donors (Lipinski definition) is 0. The van der Waals surface area contributed by atoms with Crippen LogP contribution in [0.25, 0.3) is 86.2 Å². The van der Waals surface area contributed by atoms with Gasteiger partial charge in [-0.3, -0.25) is 14.2 Å². The van der Waals surface area contributed by atoms with Gasteiger partial charge in [-0.25, -0.2) is 0 Å². The Morgan fingerprint density at radius 1 is 0.439 bits per heavy atom. The van der Waals surface area contributed by atoms with E-state index < -0.39 is 0 Å². The zero-order valence-corrected chi connectivity index (χ0v) is 23.1. The van der Waals surface area contributed by atoms with E-state index in [2.05, 4.69) is 79.7 Å². The number of aromatic nitrogens is 1. The molecule has 3 heteroatoms. The first kappa shape index (κ1) is 23.2. The molecule has 0 saturated heterocycles. The molecule has 0 N–H and O–H groups in total. The van der Waals surface area contributed by atoms with Gasteiger partial charge >= 0.3 is 0 Å². The van der Waals surface area contributed by atoms with E-state index in [4.69, 9.17) is 0 Å². The van der Waals surface area contributed by atoms with E-state index in [-0.39, 0.29) is 11.1 Å². The van der Waals surface area contributed by atoms with E-state index in [1.165, 1.54) is 51.6 Å². The van der Waals surface area contributed by atoms with Crippen LogP contribution in [0.4, 0.5) is 0 Å². The van der Waals surface area contributed by atoms with Gasteiger partial charge in [0.2, 0.25) is 0 Å². The maximum absolute atomic E-state index is 14.4. The second kappa shape index (κ2) is 8.27. The monoisotopic (exact) mass is 531 g/mol. The average molecular weight is 532 g/mol. The summed E-state index contributed by atoms with van der Waals surface area (Å²) in [6, 6.07) is 25.8. The third kappa shape index (κ3) is 2.79. The first-order valence-electron chi connectivity index (χ1n) is 15.1. The fourth-order valence-corrected chi connectivity index (χ4v) is 8.09. The van der Waals surface area contributed by atoms with Crippen molar-refractivity contribution < 1.29 is 0 Å². The fourth-order valence-electron chi connectivity index (χ4n) is 8.09. The Morgan fingerprint density at radius 2 is 0.878 bits per heavy atom. The number of nitrogens with zero attached hydrogens (tertiary/aromatic N) is 1. The number of rotatable bonds is 7. The third-order valence-corrected chi connectivity index (χ3v) is 9.81. The highest BCUT2D eigenvalue weighted by atomic mass is 16.2. The Hall–Kier alpha value is -4.50. The van der Waals surface area contributed by atoms with Gasteiger partial charge in [-0.2, -0.15) is 0 Å². The SMILES string of the molecule is CCCCCCCCn1c(=O)c2c(c1=O)c1c3ccccc3c3ccc4ccc5c6ccccc6c2c2c5c4c3c12. The predicted octanol–water partition coefficient (Wildman–Crippen LogP) is 9.55. The lowest BCUT2D eigenvalue weighted by Gasteiger charge is -2.13. The van der Waals surface area contributed by atoms with Crippen LogP contribution in [-0.4, -0.2) is 4.57 Å². The van der Waals surface area contributed by atoms with Crippen molar-refractivity contribution in [2.24, 2.45) is 0 Å². The highest BCUT2D eigenvalue weighted by Gasteiger charge is 2.29. The Morgan fingerprint density at radius 3 is 1.41 bits per heavy atom. The number of unbranched alkanes of at least 4 members (excludes halogenated alkanes) is 5. The Balaban J connectivity index is 1.53. The molecule has 0 atom stereocenters. The smallest absolute Gasteiger partial charge is 0.262 e. The van der Waals surface area contributed by atoms with Crippen LogP contribution < -0.4 is 11.1 Å². The van der Waals surface area contributed by atoms with Crippen molar-refractivity contribution in [2.75, 3.05) is 0 Å². The van der Waals surface area contributed by atoms with Crippen LogP contribution in [0.1, 0.15) is 45.4 Å². The van der Waals surface area contributed by atoms with Crippen molar-refractivity contribution in [1.29, 1.82) is 0 Å². The quantitative estimate of drug-likeness (QED) is 0.152. The summed E-state index contributed by atoms with van der Waals surface area (Å²) in [5.41, 5.74) is -0.255. The molecule has 0 amide bonds. The normalized spacial score (nSPS) is 12.9. The fraction of sp³-hybridized carbons (Fsp3) is 0.211. The van der Waals surface area contributed by atoms with E-state index in [1.54, 1.807) is 4.57 Å². The van der Waals surface area contributed by atoms with Crippen molar-refractivity contribution in [3.05, 3.63) is 93.5 Å². The summed E-state index contributed by atoms with van der Waals surface area (Å²) in [7, 11) is 0. The van der Waals surface area contributed by atoms with E-state index in [0.29, 0.717) is 17.3 Å². The lowest BCUT2D eigenvalue weighted by Crippen LogP contribution is -2.25. The Labute approximate surface area is 235 Å². The molecule has 9 rings (SSSR count). The molecule has 0 aliphatic carbocycles. The first-order chi connectivity index (χ1) is 20.2. The second-order valence-electron chi connectivity index (χ2n) is 11.9. The van der Waals surface area contributed by atoms with Gasteiger partial charge in [0, 0.05) is 28.1 Å². The molecular formula is C38H29NO2. The van der Waals surface area contributed by atoms with E-state index in [9.17, 15) is 9.59 Å². The van der Waals surface area contributed by atoms with Crippen LogP contribution in [0, 0.1) is 0 Å². The van der Waals surface area contributed by atoms with Gasteiger partial charge < -0.3 is 0 Å². The highest BCUT2D eigenvalue weighted by molar-refractivity contribution is 6.55. The highest BCUT2D eigenvalue weighted by Crippen LogP contribution is 2.54. The lowest BCUT2D eigenvalue weighted by atomic mass is 9.88. The zero-order valence-electron chi connectivity index (χ0n) is 23.1. The van der Waals surface area contributed by atoms with Crippen LogP contribution in [-0.2, 0) is 6.54 Å². The molecule has 0 bridgehead atoms. The zero-order chi connectivity index (χ0) is 27.4. The van der Waals surface area contributed by atoms with Crippen molar-refractivity contribution in [3.8, 4) is 0 Å². The van der Waals surface area contributed by atoms with Crippen molar-refractivity contribution >= 4 is 86.2 Å². The van der Waals surface area contributed by atoms with E-state index in [1.807, 2.05) is 0 Å². The van der Waals surface area contributed by atoms with E-state index in [0.717, 1.165) is 62.4 Å². The summed E-state index contributed by atoms with van der Waals surface area (Å²) < 4.78 is 1.55. The summed E-state index contributed by atoms with van der Waals surface area (Å²) in [5.74, 6) is 0. The molecule has 0 radical (unpaired) electrons. The molecule has 8 aromatic carbocycles. The minimum atomic E-state index is -0.128. The summed E-state index contributed by atoms with van der Waals surface area (Å²) in [4.78, 5) is 28.8. The Bertz CT molecular complexity index is 2390. The van der Waals surface area contributed by atoms with Gasteiger partial charge in [-0.05, 0) is 60.3 Å². The van der Waals surface area contributed by atoms with Crippen molar-refractivity contribution in [2.45, 2.75) is 52.0 Å². The largest absolute Gasteiger partial charge is 0.274 e. The molecule has 0 spiro atoms. The summed E-state index contributed by atoms with van der Waals surface area (Å²) in [5, 5.41) is 17.2. The van der Waals surface area contributed by atoms with Crippen LogP contribution in [0.5, 0.6) is 0 Å². The summed E-state index contributed by atoms with van der Waals surface area (Å²) in [6.45, 7) is 2.70. The number of hydrogen-bond acceptors (Lipinski definition) is 2. The average Bonchev–Trinajstić information content (AvgIpc) is 3.49. The maximum Gasteiger partial charge on any atom is 0.262 e. The minimum absolute atomic E-state index is 0.128.